The van der Waals surface area contributed by atoms with E-state index in [1.165, 1.54) is 0 Å². The van der Waals surface area contributed by atoms with Gasteiger partial charge in [0.05, 0.1) is 16.6 Å². The minimum Gasteiger partial charge on any atom is -0.288 e. The highest BCUT2D eigenvalue weighted by Gasteiger charge is 2.29. The summed E-state index contributed by atoms with van der Waals surface area (Å²) in [5.74, 6) is -11.3. The first-order chi connectivity index (χ1) is 12.7. The molecule has 0 unspecified atom stereocenters. The molecule has 1 aromatic heterocycles. The zero-order valence-electron chi connectivity index (χ0n) is 13.6. The predicted octanol–water partition coefficient (Wildman–Crippen LogP) is 5.24. The Bertz CT molecular complexity index is 1030. The quantitative estimate of drug-likeness (QED) is 0.328. The molecular formula is C17H10ClF5N2OS. The van der Waals surface area contributed by atoms with Crippen LogP contribution in [0.1, 0.15) is 12.5 Å². The number of hydrogen-bond donors (Lipinski definition) is 0. The van der Waals surface area contributed by atoms with E-state index >= 15 is 0 Å². The molecule has 0 aliphatic rings. The van der Waals surface area contributed by atoms with Crippen molar-refractivity contribution in [3.63, 3.8) is 0 Å². The number of carbonyl (C=O) groups excluding carboxylic acids is 1. The van der Waals surface area contributed by atoms with Gasteiger partial charge >= 0.3 is 0 Å². The zero-order chi connectivity index (χ0) is 19.9. The fourth-order valence-corrected chi connectivity index (χ4v) is 3.67. The third-order valence-corrected chi connectivity index (χ3v) is 5.11. The lowest BCUT2D eigenvalue weighted by molar-refractivity contribution is -0.118. The van der Waals surface area contributed by atoms with Crippen LogP contribution in [0, 0.1) is 29.1 Å². The van der Waals surface area contributed by atoms with Crippen molar-refractivity contribution in [1.29, 1.82) is 0 Å². The first-order valence-corrected chi connectivity index (χ1v) is 8.80. The molecule has 3 rings (SSSR count). The van der Waals surface area contributed by atoms with Crippen molar-refractivity contribution in [3.8, 4) is 0 Å². The summed E-state index contributed by atoms with van der Waals surface area (Å²) in [6.45, 7) is 1.68. The third kappa shape index (κ3) is 3.49. The summed E-state index contributed by atoms with van der Waals surface area (Å²) >= 11 is 7.02. The van der Waals surface area contributed by atoms with Gasteiger partial charge in [-0.3, -0.25) is 9.69 Å². The third-order valence-electron chi connectivity index (χ3n) is 3.82. The van der Waals surface area contributed by atoms with Crippen LogP contribution in [0.15, 0.2) is 18.2 Å². The van der Waals surface area contributed by atoms with Crippen LogP contribution >= 0.6 is 22.9 Å². The van der Waals surface area contributed by atoms with E-state index in [9.17, 15) is 26.7 Å². The summed E-state index contributed by atoms with van der Waals surface area (Å²) in [5, 5.41) is 0.666. The van der Waals surface area contributed by atoms with Gasteiger partial charge in [0.15, 0.2) is 28.4 Å². The maximum absolute atomic E-state index is 13.8. The van der Waals surface area contributed by atoms with Crippen molar-refractivity contribution in [2.75, 3.05) is 11.4 Å². The normalized spacial score (nSPS) is 11.2. The monoisotopic (exact) mass is 420 g/mol. The molecule has 2 aromatic carbocycles. The largest absolute Gasteiger partial charge is 0.288 e. The molecular weight excluding hydrogens is 411 g/mol. The van der Waals surface area contributed by atoms with Crippen LogP contribution in [-0.2, 0) is 11.2 Å². The second kappa shape index (κ2) is 7.40. The van der Waals surface area contributed by atoms with Gasteiger partial charge < -0.3 is 0 Å². The number of thiazole rings is 1. The van der Waals surface area contributed by atoms with Gasteiger partial charge in [-0.25, -0.2) is 26.9 Å². The minimum absolute atomic E-state index is 0.0851. The van der Waals surface area contributed by atoms with Gasteiger partial charge in [0.25, 0.3) is 0 Å². The molecule has 3 nitrogen and oxygen atoms in total. The molecule has 0 aliphatic heterocycles. The number of halogens is 6. The van der Waals surface area contributed by atoms with E-state index < -0.39 is 47.0 Å². The number of nitrogens with zero attached hydrogens (tertiary/aromatic N) is 2. The number of likely N-dealkylation sites (N-methyl/N-ethyl adjacent to an activating group) is 1. The molecule has 3 aromatic rings. The van der Waals surface area contributed by atoms with E-state index in [1.54, 1.807) is 25.1 Å². The highest BCUT2D eigenvalue weighted by molar-refractivity contribution is 7.22. The molecule has 1 amide bonds. The standard InChI is InChI=1S/C17H10ClF5N2OS/c1-2-25(17-24-9-5-7(18)3-4-10(9)27-17)11(26)6-8-12(19)14(21)16(23)15(22)13(8)20/h3-5H,2,6H2,1H3. The van der Waals surface area contributed by atoms with E-state index in [2.05, 4.69) is 4.98 Å². The average Bonchev–Trinajstić information content (AvgIpc) is 3.05. The van der Waals surface area contributed by atoms with Crippen LogP contribution in [0.25, 0.3) is 10.2 Å². The molecule has 27 heavy (non-hydrogen) atoms. The number of carbonyl (C=O) groups is 1. The summed E-state index contributed by atoms with van der Waals surface area (Å²) in [5.41, 5.74) is -0.663. The zero-order valence-corrected chi connectivity index (χ0v) is 15.2. The number of hydrogen-bond acceptors (Lipinski definition) is 3. The van der Waals surface area contributed by atoms with Crippen LogP contribution in [0.4, 0.5) is 27.1 Å². The molecule has 1 heterocycles. The summed E-state index contributed by atoms with van der Waals surface area (Å²) in [6, 6.07) is 4.92. The lowest BCUT2D eigenvalue weighted by Crippen LogP contribution is -2.32. The summed E-state index contributed by atoms with van der Waals surface area (Å²) in [4.78, 5) is 17.8. The van der Waals surface area contributed by atoms with E-state index in [4.69, 9.17) is 11.6 Å². The second-order valence-electron chi connectivity index (χ2n) is 5.47. The first-order valence-electron chi connectivity index (χ1n) is 7.61. The molecule has 10 heteroatoms. The van der Waals surface area contributed by atoms with Crippen LogP contribution in [0.3, 0.4) is 0 Å². The molecule has 0 bridgehead atoms. The highest BCUT2D eigenvalue weighted by Crippen LogP contribution is 2.31. The lowest BCUT2D eigenvalue weighted by Gasteiger charge is -2.18. The molecule has 0 fully saturated rings. The lowest BCUT2D eigenvalue weighted by atomic mass is 10.1. The number of anilines is 1. The smallest absolute Gasteiger partial charge is 0.233 e. The molecule has 0 saturated heterocycles. The summed E-state index contributed by atoms with van der Waals surface area (Å²) in [7, 11) is 0. The van der Waals surface area contributed by atoms with Crippen molar-refractivity contribution >= 4 is 44.2 Å². The van der Waals surface area contributed by atoms with Crippen LogP contribution in [0.2, 0.25) is 5.02 Å². The molecule has 0 radical (unpaired) electrons. The Morgan fingerprint density at radius 3 is 2.26 bits per heavy atom. The van der Waals surface area contributed by atoms with Crippen LogP contribution < -0.4 is 4.90 Å². The van der Waals surface area contributed by atoms with E-state index in [0.29, 0.717) is 10.5 Å². The SMILES string of the molecule is CCN(C(=O)Cc1c(F)c(F)c(F)c(F)c1F)c1nc2cc(Cl)ccc2s1. The Labute approximate surface area is 159 Å². The summed E-state index contributed by atoms with van der Waals surface area (Å²) < 4.78 is 68.2. The van der Waals surface area contributed by atoms with Gasteiger partial charge in [-0.05, 0) is 25.1 Å². The Morgan fingerprint density at radius 2 is 1.67 bits per heavy atom. The van der Waals surface area contributed by atoms with Gasteiger partial charge in [0.1, 0.15) is 0 Å². The maximum atomic E-state index is 13.8. The van der Waals surface area contributed by atoms with E-state index in [0.717, 1.165) is 20.9 Å². The topological polar surface area (TPSA) is 33.2 Å². The number of rotatable bonds is 4. The minimum atomic E-state index is -2.27. The molecule has 0 atom stereocenters. The highest BCUT2D eigenvalue weighted by atomic mass is 35.5. The number of fused-ring (bicyclic) bond motifs is 1. The average molecular weight is 421 g/mol. The van der Waals surface area contributed by atoms with Crippen molar-refractivity contribution in [2.45, 2.75) is 13.3 Å². The Balaban J connectivity index is 1.96. The second-order valence-corrected chi connectivity index (χ2v) is 6.92. The predicted molar refractivity (Wildman–Crippen MR) is 92.6 cm³/mol. The fraction of sp³-hybridized carbons (Fsp3) is 0.176. The Morgan fingerprint density at radius 1 is 1.07 bits per heavy atom. The van der Waals surface area contributed by atoms with E-state index in [-0.39, 0.29) is 11.7 Å². The van der Waals surface area contributed by atoms with E-state index in [1.807, 2.05) is 0 Å². The molecule has 142 valence electrons. The van der Waals surface area contributed by atoms with Gasteiger partial charge in [-0.2, -0.15) is 0 Å². The van der Waals surface area contributed by atoms with Crippen molar-refractivity contribution in [2.24, 2.45) is 0 Å². The van der Waals surface area contributed by atoms with Crippen molar-refractivity contribution < 1.29 is 26.7 Å². The Hall–Kier alpha value is -2.26. The summed E-state index contributed by atoms with van der Waals surface area (Å²) in [6.07, 6.45) is -1.00. The van der Waals surface area contributed by atoms with Gasteiger partial charge in [0.2, 0.25) is 11.7 Å². The first kappa shape index (κ1) is 19.5. The van der Waals surface area contributed by atoms with Crippen molar-refractivity contribution in [1.82, 2.24) is 4.98 Å². The van der Waals surface area contributed by atoms with Crippen LogP contribution in [0.5, 0.6) is 0 Å². The van der Waals surface area contributed by atoms with Crippen LogP contribution in [-0.4, -0.2) is 17.4 Å². The molecule has 0 aliphatic carbocycles. The maximum Gasteiger partial charge on any atom is 0.233 e. The number of amides is 1. The fourth-order valence-electron chi connectivity index (χ4n) is 2.47. The van der Waals surface area contributed by atoms with Gasteiger partial charge in [-0.15, -0.1) is 0 Å². The number of benzene rings is 2. The molecule has 0 saturated carbocycles. The van der Waals surface area contributed by atoms with Gasteiger partial charge in [-0.1, -0.05) is 22.9 Å². The van der Waals surface area contributed by atoms with Crippen molar-refractivity contribution in [3.05, 3.63) is 57.9 Å². The molecule has 0 spiro atoms. The number of aromatic nitrogens is 1. The Kier molecular flexibility index (Phi) is 5.34. The van der Waals surface area contributed by atoms with Gasteiger partial charge in [0, 0.05) is 17.1 Å². The molecule has 0 N–H and O–H groups in total.